The van der Waals surface area contributed by atoms with Gasteiger partial charge in [0.25, 0.3) is 0 Å². The number of hydrogen-bond acceptors (Lipinski definition) is 1. The summed E-state index contributed by atoms with van der Waals surface area (Å²) in [6.07, 6.45) is 2.36. The van der Waals surface area contributed by atoms with Crippen LogP contribution in [-0.4, -0.2) is 10.8 Å². The molecule has 0 saturated heterocycles. The Kier molecular flexibility index (Phi) is 2.92. The molecule has 0 unspecified atom stereocenters. The number of para-hydroxylation sites is 1. The Morgan fingerprint density at radius 1 is 1.05 bits per heavy atom. The van der Waals surface area contributed by atoms with E-state index in [1.165, 1.54) is 5.56 Å². The molecule has 1 aromatic heterocycles. The fraction of sp³-hybridized carbons (Fsp3) is 0.118. The number of aromatic amines is 1. The Morgan fingerprint density at radius 3 is 2.58 bits per heavy atom. The van der Waals surface area contributed by atoms with Crippen LogP contribution in [0.3, 0.4) is 0 Å². The molecule has 0 saturated carbocycles. The van der Waals surface area contributed by atoms with Crippen molar-refractivity contribution >= 4 is 16.7 Å². The van der Waals surface area contributed by atoms with Crippen LogP contribution in [0.15, 0.2) is 54.7 Å². The third-order valence-corrected chi connectivity index (χ3v) is 3.40. The highest BCUT2D eigenvalue weighted by Gasteiger charge is 2.10. The molecule has 0 atom stereocenters. The monoisotopic (exact) mass is 249 g/mol. The number of fused-ring (bicyclic) bond motifs is 1. The largest absolute Gasteiger partial charge is 0.361 e. The second-order valence-corrected chi connectivity index (χ2v) is 4.83. The lowest BCUT2D eigenvalue weighted by Gasteiger charge is -2.01. The number of aromatic nitrogens is 1. The number of rotatable bonds is 3. The predicted octanol–water partition coefficient (Wildman–Crippen LogP) is 3.90. The highest BCUT2D eigenvalue weighted by atomic mass is 16.1. The van der Waals surface area contributed by atoms with E-state index in [2.05, 4.69) is 4.98 Å². The van der Waals surface area contributed by atoms with Gasteiger partial charge in [0.2, 0.25) is 0 Å². The number of aryl methyl sites for hydroxylation is 1. The first-order valence-corrected chi connectivity index (χ1v) is 6.39. The van der Waals surface area contributed by atoms with Crippen molar-refractivity contribution < 1.29 is 4.79 Å². The van der Waals surface area contributed by atoms with Gasteiger partial charge in [0.15, 0.2) is 5.78 Å². The van der Waals surface area contributed by atoms with Crippen molar-refractivity contribution in [2.24, 2.45) is 0 Å². The lowest BCUT2D eigenvalue weighted by Crippen LogP contribution is -2.02. The molecule has 0 aliphatic rings. The van der Waals surface area contributed by atoms with Gasteiger partial charge in [0.05, 0.1) is 0 Å². The van der Waals surface area contributed by atoms with Crippen molar-refractivity contribution in [3.63, 3.8) is 0 Å². The molecule has 0 aliphatic heterocycles. The first-order chi connectivity index (χ1) is 9.24. The number of nitrogens with one attached hydrogen (secondary N) is 1. The van der Waals surface area contributed by atoms with Crippen LogP contribution in [-0.2, 0) is 6.42 Å². The first kappa shape index (κ1) is 11.7. The smallest absolute Gasteiger partial charge is 0.167 e. The van der Waals surface area contributed by atoms with Gasteiger partial charge in [-0.15, -0.1) is 0 Å². The van der Waals surface area contributed by atoms with Crippen molar-refractivity contribution in [2.45, 2.75) is 13.3 Å². The first-order valence-electron chi connectivity index (χ1n) is 6.39. The van der Waals surface area contributed by atoms with Gasteiger partial charge in [0, 0.05) is 29.1 Å². The van der Waals surface area contributed by atoms with Gasteiger partial charge in [-0.05, 0) is 18.6 Å². The number of carbonyl (C=O) groups excluding carboxylic acids is 1. The molecule has 1 N–H and O–H groups in total. The molecule has 2 heteroatoms. The zero-order chi connectivity index (χ0) is 13.2. The van der Waals surface area contributed by atoms with E-state index in [9.17, 15) is 4.79 Å². The molecule has 2 aromatic carbocycles. The van der Waals surface area contributed by atoms with Crippen LogP contribution in [0.25, 0.3) is 10.9 Å². The average Bonchev–Trinajstić information content (AvgIpc) is 2.83. The summed E-state index contributed by atoms with van der Waals surface area (Å²) in [6.45, 7) is 2.02. The van der Waals surface area contributed by atoms with Gasteiger partial charge in [-0.1, -0.05) is 48.0 Å². The van der Waals surface area contributed by atoms with Gasteiger partial charge in [0.1, 0.15) is 0 Å². The van der Waals surface area contributed by atoms with Crippen molar-refractivity contribution in [3.05, 3.63) is 71.4 Å². The molecular weight excluding hydrogens is 234 g/mol. The number of Topliss-reactive ketones (excluding diaryl/α,β-unsaturated/α-hetero) is 1. The van der Waals surface area contributed by atoms with Crippen molar-refractivity contribution in [1.29, 1.82) is 0 Å². The Bertz CT molecular complexity index is 722. The summed E-state index contributed by atoms with van der Waals surface area (Å²) >= 11 is 0. The van der Waals surface area contributed by atoms with Gasteiger partial charge < -0.3 is 4.98 Å². The molecule has 19 heavy (non-hydrogen) atoms. The molecule has 0 bridgehead atoms. The zero-order valence-corrected chi connectivity index (χ0v) is 10.8. The third kappa shape index (κ3) is 2.29. The zero-order valence-electron chi connectivity index (χ0n) is 10.8. The van der Waals surface area contributed by atoms with Crippen LogP contribution in [0.4, 0.5) is 0 Å². The minimum atomic E-state index is 0.157. The summed E-state index contributed by atoms with van der Waals surface area (Å²) in [4.78, 5) is 15.5. The topological polar surface area (TPSA) is 32.9 Å². The van der Waals surface area contributed by atoms with Crippen LogP contribution >= 0.6 is 0 Å². The van der Waals surface area contributed by atoms with E-state index < -0.39 is 0 Å². The SMILES string of the molecule is Cc1ccc(C(=O)Cc2c[nH]c3ccccc23)cc1. The van der Waals surface area contributed by atoms with Crippen LogP contribution < -0.4 is 0 Å². The Labute approximate surface area is 112 Å². The fourth-order valence-electron chi connectivity index (χ4n) is 2.29. The van der Waals surface area contributed by atoms with E-state index in [1.54, 1.807) is 0 Å². The summed E-state index contributed by atoms with van der Waals surface area (Å²) in [7, 11) is 0. The van der Waals surface area contributed by atoms with E-state index in [1.807, 2.05) is 61.7 Å². The molecule has 1 heterocycles. The lowest BCUT2D eigenvalue weighted by molar-refractivity contribution is 0.0993. The number of benzene rings is 2. The van der Waals surface area contributed by atoms with Crippen LogP contribution in [0.5, 0.6) is 0 Å². The quantitative estimate of drug-likeness (QED) is 0.701. The standard InChI is InChI=1S/C17H15NO/c1-12-6-8-13(9-7-12)17(19)10-14-11-18-16-5-3-2-4-15(14)16/h2-9,11,18H,10H2,1H3. The molecule has 3 rings (SSSR count). The summed E-state index contributed by atoms with van der Waals surface area (Å²) in [5.41, 5.74) is 4.08. The van der Waals surface area contributed by atoms with Crippen molar-refractivity contribution in [3.8, 4) is 0 Å². The van der Waals surface area contributed by atoms with Crippen LogP contribution in [0.1, 0.15) is 21.5 Å². The maximum Gasteiger partial charge on any atom is 0.167 e. The second kappa shape index (κ2) is 4.73. The number of hydrogen-bond donors (Lipinski definition) is 1. The maximum atomic E-state index is 12.3. The van der Waals surface area contributed by atoms with E-state index in [4.69, 9.17) is 0 Å². The molecule has 3 aromatic rings. The highest BCUT2D eigenvalue weighted by molar-refractivity contribution is 5.99. The number of carbonyl (C=O) groups is 1. The molecule has 2 nitrogen and oxygen atoms in total. The molecule has 0 aliphatic carbocycles. The third-order valence-electron chi connectivity index (χ3n) is 3.40. The summed E-state index contributed by atoms with van der Waals surface area (Å²) in [5.74, 6) is 0.157. The molecule has 0 spiro atoms. The molecule has 0 fully saturated rings. The Morgan fingerprint density at radius 2 is 1.79 bits per heavy atom. The minimum Gasteiger partial charge on any atom is -0.361 e. The van der Waals surface area contributed by atoms with Crippen LogP contribution in [0, 0.1) is 6.92 Å². The maximum absolute atomic E-state index is 12.3. The van der Waals surface area contributed by atoms with Gasteiger partial charge >= 0.3 is 0 Å². The fourth-order valence-corrected chi connectivity index (χ4v) is 2.29. The molecule has 0 radical (unpaired) electrons. The van der Waals surface area contributed by atoms with Gasteiger partial charge in [-0.3, -0.25) is 4.79 Å². The van der Waals surface area contributed by atoms with Crippen molar-refractivity contribution in [1.82, 2.24) is 4.98 Å². The summed E-state index contributed by atoms with van der Waals surface area (Å²) < 4.78 is 0. The van der Waals surface area contributed by atoms with Crippen molar-refractivity contribution in [2.75, 3.05) is 0 Å². The highest BCUT2D eigenvalue weighted by Crippen LogP contribution is 2.19. The van der Waals surface area contributed by atoms with Gasteiger partial charge in [-0.2, -0.15) is 0 Å². The number of ketones is 1. The second-order valence-electron chi connectivity index (χ2n) is 4.83. The summed E-state index contributed by atoms with van der Waals surface area (Å²) in [5, 5.41) is 1.13. The lowest BCUT2D eigenvalue weighted by atomic mass is 10.0. The summed E-state index contributed by atoms with van der Waals surface area (Å²) in [6, 6.07) is 15.8. The average molecular weight is 249 g/mol. The molecule has 94 valence electrons. The molecular formula is C17H15NO. The number of H-pyrrole nitrogens is 1. The van der Waals surface area contributed by atoms with E-state index in [-0.39, 0.29) is 5.78 Å². The van der Waals surface area contributed by atoms with E-state index >= 15 is 0 Å². The van der Waals surface area contributed by atoms with Crippen LogP contribution in [0.2, 0.25) is 0 Å². The Balaban J connectivity index is 1.89. The van der Waals surface area contributed by atoms with E-state index in [0.29, 0.717) is 6.42 Å². The molecule has 0 amide bonds. The normalized spacial score (nSPS) is 10.8. The van der Waals surface area contributed by atoms with Gasteiger partial charge in [-0.25, -0.2) is 0 Å². The Hall–Kier alpha value is -2.35. The predicted molar refractivity (Wildman–Crippen MR) is 77.5 cm³/mol. The van der Waals surface area contributed by atoms with E-state index in [0.717, 1.165) is 22.0 Å². The minimum absolute atomic E-state index is 0.157.